The van der Waals surface area contributed by atoms with Gasteiger partial charge in [0, 0.05) is 6.54 Å². The van der Waals surface area contributed by atoms with Crippen LogP contribution in [-0.4, -0.2) is 30.8 Å². The first-order valence-electron chi connectivity index (χ1n) is 5.11. The van der Waals surface area contributed by atoms with Crippen LogP contribution in [0, 0.1) is 0 Å². The Bertz CT molecular complexity index is 407. The molecule has 0 unspecified atom stereocenters. The number of alkyl halides is 3. The van der Waals surface area contributed by atoms with Crippen molar-refractivity contribution >= 4 is 5.91 Å². The summed E-state index contributed by atoms with van der Waals surface area (Å²) in [5.74, 6) is -0.551. The second-order valence-corrected chi connectivity index (χ2v) is 3.39. The molecule has 18 heavy (non-hydrogen) atoms. The quantitative estimate of drug-likeness (QED) is 0.839. The van der Waals surface area contributed by atoms with Crippen LogP contribution >= 0.6 is 0 Å². The van der Waals surface area contributed by atoms with E-state index in [1.54, 1.807) is 0 Å². The van der Waals surface area contributed by atoms with Gasteiger partial charge in [-0.3, -0.25) is 4.79 Å². The molecule has 0 fully saturated rings. The largest absolute Gasteiger partial charge is 0.484 e. The van der Waals surface area contributed by atoms with Gasteiger partial charge in [0.05, 0.1) is 12.2 Å². The van der Waals surface area contributed by atoms with Gasteiger partial charge in [-0.25, -0.2) is 0 Å². The minimum Gasteiger partial charge on any atom is -0.484 e. The number of benzene rings is 1. The van der Waals surface area contributed by atoms with Crippen LogP contribution in [0.15, 0.2) is 24.3 Å². The van der Waals surface area contributed by atoms with E-state index >= 15 is 0 Å². The maximum Gasteiger partial charge on any atom is 0.416 e. The minimum atomic E-state index is -4.45. The monoisotopic (exact) mass is 263 g/mol. The van der Waals surface area contributed by atoms with Gasteiger partial charge in [0.2, 0.25) is 0 Å². The molecule has 1 aromatic carbocycles. The Hall–Kier alpha value is -1.76. The van der Waals surface area contributed by atoms with E-state index < -0.39 is 24.3 Å². The third kappa shape index (κ3) is 4.62. The van der Waals surface area contributed by atoms with Gasteiger partial charge in [-0.15, -0.1) is 0 Å². The summed E-state index contributed by atoms with van der Waals surface area (Å²) in [5.41, 5.74) is -0.837. The van der Waals surface area contributed by atoms with Crippen molar-refractivity contribution in [3.63, 3.8) is 0 Å². The van der Waals surface area contributed by atoms with Crippen molar-refractivity contribution < 1.29 is 27.8 Å². The molecule has 2 N–H and O–H groups in total. The van der Waals surface area contributed by atoms with E-state index in [9.17, 15) is 18.0 Å². The van der Waals surface area contributed by atoms with Gasteiger partial charge < -0.3 is 15.2 Å². The van der Waals surface area contributed by atoms with Crippen molar-refractivity contribution in [2.75, 3.05) is 19.8 Å². The van der Waals surface area contributed by atoms with Crippen LogP contribution in [0.1, 0.15) is 5.56 Å². The normalized spacial score (nSPS) is 11.1. The molecule has 0 saturated heterocycles. The van der Waals surface area contributed by atoms with Crippen molar-refractivity contribution in [3.8, 4) is 5.75 Å². The molecule has 0 atom stereocenters. The average molecular weight is 263 g/mol. The lowest BCUT2D eigenvalue weighted by atomic mass is 10.2. The number of halogens is 3. The van der Waals surface area contributed by atoms with Gasteiger partial charge in [0.25, 0.3) is 5.91 Å². The zero-order valence-corrected chi connectivity index (χ0v) is 9.33. The molecule has 0 aromatic heterocycles. The highest BCUT2D eigenvalue weighted by Gasteiger charge is 2.30. The fourth-order valence-electron chi connectivity index (χ4n) is 1.16. The van der Waals surface area contributed by atoms with Crippen LogP contribution < -0.4 is 10.1 Å². The second kappa shape index (κ2) is 6.25. The van der Waals surface area contributed by atoms with E-state index in [2.05, 4.69) is 5.32 Å². The number of carbonyl (C=O) groups excluding carboxylic acids is 1. The summed E-state index contributed by atoms with van der Waals surface area (Å²) in [6, 6.07) is 4.26. The van der Waals surface area contributed by atoms with E-state index in [0.717, 1.165) is 12.1 Å². The predicted octanol–water partition coefficient (Wildman–Crippen LogP) is 1.19. The van der Waals surface area contributed by atoms with Crippen molar-refractivity contribution in [1.82, 2.24) is 5.32 Å². The van der Waals surface area contributed by atoms with E-state index in [1.807, 2.05) is 0 Å². The zero-order valence-electron chi connectivity index (χ0n) is 9.33. The molecule has 4 nitrogen and oxygen atoms in total. The van der Waals surface area contributed by atoms with Gasteiger partial charge in [-0.05, 0) is 18.2 Å². The number of carbonyl (C=O) groups is 1. The van der Waals surface area contributed by atoms with E-state index in [4.69, 9.17) is 9.84 Å². The molecule has 1 amide bonds. The molecule has 0 aliphatic heterocycles. The molecule has 0 radical (unpaired) electrons. The third-order valence-corrected chi connectivity index (χ3v) is 1.97. The first-order chi connectivity index (χ1) is 8.43. The Balaban J connectivity index is 2.55. The Morgan fingerprint density at radius 3 is 2.72 bits per heavy atom. The van der Waals surface area contributed by atoms with Crippen LogP contribution in [0.4, 0.5) is 13.2 Å². The first-order valence-corrected chi connectivity index (χ1v) is 5.11. The van der Waals surface area contributed by atoms with E-state index in [-0.39, 0.29) is 18.9 Å². The van der Waals surface area contributed by atoms with Crippen LogP contribution in [0.5, 0.6) is 5.75 Å². The van der Waals surface area contributed by atoms with Crippen molar-refractivity contribution in [2.45, 2.75) is 6.18 Å². The maximum atomic E-state index is 12.4. The summed E-state index contributed by atoms with van der Waals surface area (Å²) in [5, 5.41) is 10.8. The fourth-order valence-corrected chi connectivity index (χ4v) is 1.16. The molecule has 7 heteroatoms. The first kappa shape index (κ1) is 14.3. The molecule has 0 heterocycles. The average Bonchev–Trinajstić information content (AvgIpc) is 2.33. The number of rotatable bonds is 5. The number of hydrogen-bond donors (Lipinski definition) is 2. The molecule has 1 rings (SSSR count). The standard InChI is InChI=1S/C11H12F3NO3/c12-11(13,14)8-2-1-3-9(6-8)18-7-10(17)15-4-5-16/h1-3,6,16H,4-5,7H2,(H,15,17). The zero-order chi connectivity index (χ0) is 13.6. The van der Waals surface area contributed by atoms with Crippen LogP contribution in [0.25, 0.3) is 0 Å². The number of aliphatic hydroxyl groups is 1. The molecular weight excluding hydrogens is 251 g/mol. The summed E-state index contributed by atoms with van der Waals surface area (Å²) < 4.78 is 42.0. The molecule has 0 saturated carbocycles. The summed E-state index contributed by atoms with van der Waals surface area (Å²) in [7, 11) is 0. The van der Waals surface area contributed by atoms with Gasteiger partial charge in [-0.2, -0.15) is 13.2 Å². The lowest BCUT2D eigenvalue weighted by Crippen LogP contribution is -2.31. The lowest BCUT2D eigenvalue weighted by molar-refractivity contribution is -0.137. The van der Waals surface area contributed by atoms with Crippen molar-refractivity contribution in [3.05, 3.63) is 29.8 Å². The molecule has 0 spiro atoms. The number of nitrogens with one attached hydrogen (secondary N) is 1. The molecule has 0 aliphatic rings. The Labute approximate surface area is 101 Å². The molecule has 0 aliphatic carbocycles. The van der Waals surface area contributed by atoms with Crippen molar-refractivity contribution in [1.29, 1.82) is 0 Å². The van der Waals surface area contributed by atoms with Gasteiger partial charge in [0.15, 0.2) is 6.61 Å². The molecule has 1 aromatic rings. The van der Waals surface area contributed by atoms with E-state index in [1.165, 1.54) is 12.1 Å². The summed E-state index contributed by atoms with van der Waals surface area (Å²) in [6.07, 6.45) is -4.45. The predicted molar refractivity (Wildman–Crippen MR) is 57.0 cm³/mol. The van der Waals surface area contributed by atoms with Gasteiger partial charge in [-0.1, -0.05) is 6.07 Å². The number of ether oxygens (including phenoxy) is 1. The molecule has 0 bridgehead atoms. The lowest BCUT2D eigenvalue weighted by Gasteiger charge is -2.10. The maximum absolute atomic E-state index is 12.4. The molecule has 100 valence electrons. The highest BCUT2D eigenvalue weighted by Crippen LogP contribution is 2.31. The second-order valence-electron chi connectivity index (χ2n) is 3.39. The summed E-state index contributed by atoms with van der Waals surface area (Å²) in [4.78, 5) is 11.1. The minimum absolute atomic E-state index is 0.0380. The SMILES string of the molecule is O=C(COc1cccc(C(F)(F)F)c1)NCCO. The molecular formula is C11H12F3NO3. The highest BCUT2D eigenvalue weighted by atomic mass is 19.4. The highest BCUT2D eigenvalue weighted by molar-refractivity contribution is 5.77. The van der Waals surface area contributed by atoms with Crippen LogP contribution in [0.2, 0.25) is 0 Å². The smallest absolute Gasteiger partial charge is 0.416 e. The Kier molecular flexibility index (Phi) is 4.96. The number of aliphatic hydroxyl groups excluding tert-OH is 1. The van der Waals surface area contributed by atoms with Crippen molar-refractivity contribution in [2.24, 2.45) is 0 Å². The number of hydrogen-bond acceptors (Lipinski definition) is 3. The Morgan fingerprint density at radius 1 is 1.39 bits per heavy atom. The van der Waals surface area contributed by atoms with Crippen LogP contribution in [0.3, 0.4) is 0 Å². The fraction of sp³-hybridized carbons (Fsp3) is 0.364. The topological polar surface area (TPSA) is 58.6 Å². The van der Waals surface area contributed by atoms with Gasteiger partial charge in [0.1, 0.15) is 5.75 Å². The van der Waals surface area contributed by atoms with Crippen LogP contribution in [-0.2, 0) is 11.0 Å². The summed E-state index contributed by atoms with van der Waals surface area (Å²) >= 11 is 0. The third-order valence-electron chi connectivity index (χ3n) is 1.97. The number of amides is 1. The Morgan fingerprint density at radius 2 is 2.11 bits per heavy atom. The summed E-state index contributed by atoms with van der Waals surface area (Å²) in [6.45, 7) is -0.540. The van der Waals surface area contributed by atoms with Gasteiger partial charge >= 0.3 is 6.18 Å². The van der Waals surface area contributed by atoms with E-state index in [0.29, 0.717) is 0 Å².